The minimum atomic E-state index is -0.478. The SMILES string of the molecule is N#CC1(Nc2ccc(C3CCN(CC4CCNCC4)CC3)c(F)c2)CCC1. The van der Waals surface area contributed by atoms with E-state index >= 15 is 0 Å². The lowest BCUT2D eigenvalue weighted by Gasteiger charge is -2.37. The molecule has 5 heteroatoms. The van der Waals surface area contributed by atoms with Gasteiger partial charge in [0.2, 0.25) is 0 Å². The summed E-state index contributed by atoms with van der Waals surface area (Å²) in [6.45, 7) is 5.66. The molecular formula is C22H31FN4. The van der Waals surface area contributed by atoms with Crippen molar-refractivity contribution in [3.8, 4) is 6.07 Å². The maximum Gasteiger partial charge on any atom is 0.128 e. The van der Waals surface area contributed by atoms with Crippen LogP contribution in [0.4, 0.5) is 10.1 Å². The normalized spacial score (nSPS) is 24.1. The molecule has 3 fully saturated rings. The number of halogens is 1. The van der Waals surface area contributed by atoms with E-state index in [9.17, 15) is 9.65 Å². The first-order chi connectivity index (χ1) is 13.2. The maximum absolute atomic E-state index is 14.8. The average Bonchev–Trinajstić information content (AvgIpc) is 2.67. The molecule has 2 N–H and O–H groups in total. The second-order valence-corrected chi connectivity index (χ2v) is 8.68. The molecule has 2 heterocycles. The second kappa shape index (κ2) is 8.16. The zero-order chi connectivity index (χ0) is 18.7. The number of anilines is 1. The largest absolute Gasteiger partial charge is 0.367 e. The predicted molar refractivity (Wildman–Crippen MR) is 106 cm³/mol. The van der Waals surface area contributed by atoms with E-state index in [-0.39, 0.29) is 5.82 Å². The van der Waals surface area contributed by atoms with Crippen molar-refractivity contribution in [3.05, 3.63) is 29.6 Å². The van der Waals surface area contributed by atoms with Gasteiger partial charge in [0.1, 0.15) is 11.4 Å². The third-order valence-corrected chi connectivity index (χ3v) is 6.81. The number of piperidine rings is 2. The van der Waals surface area contributed by atoms with Crippen molar-refractivity contribution in [1.82, 2.24) is 10.2 Å². The first-order valence-corrected chi connectivity index (χ1v) is 10.6. The van der Waals surface area contributed by atoms with Crippen molar-refractivity contribution in [2.75, 3.05) is 38.0 Å². The molecule has 1 aromatic carbocycles. The highest BCUT2D eigenvalue weighted by Crippen LogP contribution is 2.36. The van der Waals surface area contributed by atoms with Gasteiger partial charge in [-0.25, -0.2) is 4.39 Å². The third-order valence-electron chi connectivity index (χ3n) is 6.81. The lowest BCUT2D eigenvalue weighted by molar-refractivity contribution is 0.166. The molecule has 0 bridgehead atoms. The molecule has 1 aliphatic carbocycles. The summed E-state index contributed by atoms with van der Waals surface area (Å²) in [7, 11) is 0. The number of nitrogens with one attached hydrogen (secondary N) is 2. The van der Waals surface area contributed by atoms with E-state index in [1.807, 2.05) is 12.1 Å². The summed E-state index contributed by atoms with van der Waals surface area (Å²) in [6, 6.07) is 7.84. The summed E-state index contributed by atoms with van der Waals surface area (Å²) in [6.07, 6.45) is 7.41. The van der Waals surface area contributed by atoms with Crippen molar-refractivity contribution in [3.63, 3.8) is 0 Å². The molecule has 0 radical (unpaired) electrons. The molecule has 2 saturated heterocycles. The zero-order valence-corrected chi connectivity index (χ0v) is 16.1. The standard InChI is InChI=1S/C22H31FN4/c23-21-14-19(26-22(16-24)8-1-9-22)2-3-20(21)18-6-12-27(13-7-18)15-17-4-10-25-11-5-17/h2-3,14,17-18,25-26H,1,4-13,15H2. The first-order valence-electron chi connectivity index (χ1n) is 10.6. The summed E-state index contributed by atoms with van der Waals surface area (Å²) in [5.74, 6) is 1.02. The van der Waals surface area contributed by atoms with Gasteiger partial charge in [0.05, 0.1) is 6.07 Å². The van der Waals surface area contributed by atoms with Crippen LogP contribution in [0.3, 0.4) is 0 Å². The fourth-order valence-electron chi connectivity index (χ4n) is 4.86. The number of nitrogens with zero attached hydrogens (tertiary/aromatic N) is 2. The van der Waals surface area contributed by atoms with Gasteiger partial charge < -0.3 is 15.5 Å². The number of hydrogen-bond acceptors (Lipinski definition) is 4. The highest BCUT2D eigenvalue weighted by molar-refractivity contribution is 5.50. The van der Waals surface area contributed by atoms with E-state index in [1.165, 1.54) is 19.4 Å². The van der Waals surface area contributed by atoms with E-state index in [0.29, 0.717) is 5.92 Å². The maximum atomic E-state index is 14.8. The van der Waals surface area contributed by atoms with Crippen LogP contribution in [-0.4, -0.2) is 43.2 Å². The minimum Gasteiger partial charge on any atom is -0.367 e. The van der Waals surface area contributed by atoms with Gasteiger partial charge in [0.15, 0.2) is 0 Å². The average molecular weight is 371 g/mol. The van der Waals surface area contributed by atoms with Crippen LogP contribution >= 0.6 is 0 Å². The number of benzene rings is 1. The van der Waals surface area contributed by atoms with Crippen LogP contribution in [0.25, 0.3) is 0 Å². The summed E-state index contributed by atoms with van der Waals surface area (Å²) in [5, 5.41) is 16.0. The Kier molecular flexibility index (Phi) is 5.66. The molecule has 1 aromatic rings. The number of nitriles is 1. The first kappa shape index (κ1) is 18.7. The van der Waals surface area contributed by atoms with E-state index in [1.54, 1.807) is 6.07 Å². The van der Waals surface area contributed by atoms with Crippen molar-refractivity contribution in [2.24, 2.45) is 5.92 Å². The summed E-state index contributed by atoms with van der Waals surface area (Å²) < 4.78 is 14.8. The Hall–Kier alpha value is -1.64. The summed E-state index contributed by atoms with van der Waals surface area (Å²) >= 11 is 0. The molecule has 0 amide bonds. The number of rotatable bonds is 5. The van der Waals surface area contributed by atoms with Crippen LogP contribution in [0.2, 0.25) is 0 Å². The molecule has 0 spiro atoms. The fourth-order valence-corrected chi connectivity index (χ4v) is 4.86. The van der Waals surface area contributed by atoms with Gasteiger partial charge in [0.25, 0.3) is 0 Å². The van der Waals surface area contributed by atoms with Crippen LogP contribution in [0, 0.1) is 23.1 Å². The molecule has 0 atom stereocenters. The van der Waals surface area contributed by atoms with Crippen LogP contribution in [0.15, 0.2) is 18.2 Å². The van der Waals surface area contributed by atoms with Crippen molar-refractivity contribution >= 4 is 5.69 Å². The smallest absolute Gasteiger partial charge is 0.128 e. The van der Waals surface area contributed by atoms with Gasteiger partial charge in [-0.3, -0.25) is 0 Å². The number of hydrogen-bond donors (Lipinski definition) is 2. The Bertz CT molecular complexity index is 680. The fraction of sp³-hybridized carbons (Fsp3) is 0.682. The molecule has 27 heavy (non-hydrogen) atoms. The van der Waals surface area contributed by atoms with Gasteiger partial charge >= 0.3 is 0 Å². The van der Waals surface area contributed by atoms with Gasteiger partial charge in [-0.15, -0.1) is 0 Å². The van der Waals surface area contributed by atoms with Crippen LogP contribution in [0.1, 0.15) is 56.4 Å². The van der Waals surface area contributed by atoms with Crippen molar-refractivity contribution in [1.29, 1.82) is 5.26 Å². The van der Waals surface area contributed by atoms with Gasteiger partial charge in [0, 0.05) is 12.2 Å². The third kappa shape index (κ3) is 4.28. The molecule has 4 nitrogen and oxygen atoms in total. The molecule has 4 rings (SSSR count). The van der Waals surface area contributed by atoms with Crippen LogP contribution < -0.4 is 10.6 Å². The van der Waals surface area contributed by atoms with E-state index in [2.05, 4.69) is 21.6 Å². The van der Waals surface area contributed by atoms with Gasteiger partial charge in [-0.2, -0.15) is 5.26 Å². The summed E-state index contributed by atoms with van der Waals surface area (Å²) in [5.41, 5.74) is 1.11. The zero-order valence-electron chi connectivity index (χ0n) is 16.1. The van der Waals surface area contributed by atoms with Crippen molar-refractivity contribution < 1.29 is 4.39 Å². The summed E-state index contributed by atoms with van der Waals surface area (Å²) in [4.78, 5) is 2.58. The van der Waals surface area contributed by atoms with Crippen LogP contribution in [-0.2, 0) is 0 Å². The van der Waals surface area contributed by atoms with Gasteiger partial charge in [-0.05, 0) is 101 Å². The Morgan fingerprint density at radius 2 is 1.93 bits per heavy atom. The highest BCUT2D eigenvalue weighted by Gasteiger charge is 2.37. The quantitative estimate of drug-likeness (QED) is 0.826. The van der Waals surface area contributed by atoms with E-state index < -0.39 is 5.54 Å². The lowest BCUT2D eigenvalue weighted by Crippen LogP contribution is -2.43. The van der Waals surface area contributed by atoms with E-state index in [4.69, 9.17) is 0 Å². The molecule has 146 valence electrons. The molecule has 1 saturated carbocycles. The minimum absolute atomic E-state index is 0.121. The molecular weight excluding hydrogens is 339 g/mol. The second-order valence-electron chi connectivity index (χ2n) is 8.68. The molecule has 0 unspecified atom stereocenters. The van der Waals surface area contributed by atoms with Crippen LogP contribution in [0.5, 0.6) is 0 Å². The predicted octanol–water partition coefficient (Wildman–Crippen LogP) is 3.86. The lowest BCUT2D eigenvalue weighted by atomic mass is 9.78. The van der Waals surface area contributed by atoms with Crippen molar-refractivity contribution in [2.45, 2.75) is 56.4 Å². The van der Waals surface area contributed by atoms with E-state index in [0.717, 1.165) is 75.5 Å². The molecule has 3 aliphatic rings. The molecule has 2 aliphatic heterocycles. The Labute approximate surface area is 162 Å². The Morgan fingerprint density at radius 1 is 1.19 bits per heavy atom. The number of likely N-dealkylation sites (tertiary alicyclic amines) is 1. The molecule has 0 aromatic heterocycles. The monoisotopic (exact) mass is 370 g/mol. The Balaban J connectivity index is 1.32. The Morgan fingerprint density at radius 3 is 2.52 bits per heavy atom. The highest BCUT2D eigenvalue weighted by atomic mass is 19.1. The topological polar surface area (TPSA) is 51.1 Å². The van der Waals surface area contributed by atoms with Gasteiger partial charge in [-0.1, -0.05) is 6.07 Å².